The Labute approximate surface area is 180 Å². The van der Waals surface area contributed by atoms with E-state index in [0.717, 1.165) is 36.8 Å². The maximum absolute atomic E-state index is 13.3. The summed E-state index contributed by atoms with van der Waals surface area (Å²) in [5.74, 6) is 0.410. The summed E-state index contributed by atoms with van der Waals surface area (Å²) in [6.07, 6.45) is 3.65. The number of halogens is 1. The molecule has 1 amide bonds. The largest absolute Gasteiger partial charge is 0.462 e. The summed E-state index contributed by atoms with van der Waals surface area (Å²) in [6.45, 7) is 2.37. The molecule has 2 fully saturated rings. The highest BCUT2D eigenvalue weighted by Crippen LogP contribution is 2.43. The summed E-state index contributed by atoms with van der Waals surface area (Å²) in [7, 11) is 0. The van der Waals surface area contributed by atoms with E-state index >= 15 is 0 Å². The summed E-state index contributed by atoms with van der Waals surface area (Å²) in [4.78, 5) is 26.8. The maximum Gasteiger partial charge on any atom is 0.338 e. The quantitative estimate of drug-likeness (QED) is 0.621. The summed E-state index contributed by atoms with van der Waals surface area (Å²) in [5.41, 5.74) is 2.60. The number of carbonyl (C=O) groups is 2. The Hall–Kier alpha value is -2.34. The zero-order chi connectivity index (χ0) is 21.1. The average Bonchev–Trinajstić information content (AvgIpc) is 3.14. The lowest BCUT2D eigenvalue weighted by molar-refractivity contribution is -0.131. The van der Waals surface area contributed by atoms with E-state index in [1.807, 2.05) is 30.0 Å². The average molecular weight is 428 g/mol. The van der Waals surface area contributed by atoms with Crippen molar-refractivity contribution in [2.24, 2.45) is 5.92 Å². The van der Waals surface area contributed by atoms with Crippen LogP contribution in [0.2, 0.25) is 0 Å². The van der Waals surface area contributed by atoms with E-state index in [4.69, 9.17) is 4.74 Å². The molecule has 0 N–H and O–H groups in total. The number of ether oxygens (including phenoxy) is 1. The molecule has 2 aliphatic rings. The predicted octanol–water partition coefficient (Wildman–Crippen LogP) is 5.12. The molecular weight excluding hydrogens is 401 g/mol. The molecule has 0 aromatic heterocycles. The zero-order valence-corrected chi connectivity index (χ0v) is 17.9. The number of thioether (sulfide) groups is 1. The van der Waals surface area contributed by atoms with Gasteiger partial charge in [0.15, 0.2) is 0 Å². The number of rotatable bonds is 5. The van der Waals surface area contributed by atoms with E-state index in [-0.39, 0.29) is 29.1 Å². The number of hydrogen-bond donors (Lipinski definition) is 0. The maximum atomic E-state index is 13.3. The topological polar surface area (TPSA) is 46.6 Å². The van der Waals surface area contributed by atoms with Crippen LogP contribution in [0.5, 0.6) is 0 Å². The zero-order valence-electron chi connectivity index (χ0n) is 17.1. The first kappa shape index (κ1) is 20.9. The van der Waals surface area contributed by atoms with E-state index < -0.39 is 0 Å². The van der Waals surface area contributed by atoms with Crippen molar-refractivity contribution in [3.05, 3.63) is 71.0 Å². The van der Waals surface area contributed by atoms with Crippen molar-refractivity contribution in [3.63, 3.8) is 0 Å². The lowest BCUT2D eigenvalue weighted by Crippen LogP contribution is -2.41. The number of nitrogens with zero attached hydrogens (tertiary/aromatic N) is 1. The van der Waals surface area contributed by atoms with Crippen LogP contribution in [0.1, 0.15) is 52.5 Å². The lowest BCUT2D eigenvalue weighted by Gasteiger charge is -2.37. The molecule has 0 spiro atoms. The number of amides is 1. The Morgan fingerprint density at radius 2 is 1.87 bits per heavy atom. The highest BCUT2D eigenvalue weighted by Gasteiger charge is 2.39. The van der Waals surface area contributed by atoms with Crippen molar-refractivity contribution >= 4 is 23.6 Å². The molecule has 1 heterocycles. The van der Waals surface area contributed by atoms with Crippen LogP contribution in [-0.2, 0) is 9.53 Å². The molecule has 1 atom stereocenters. The minimum absolute atomic E-state index is 0.0428. The minimum atomic E-state index is -0.275. The first-order valence-electron chi connectivity index (χ1n) is 10.4. The minimum Gasteiger partial charge on any atom is -0.462 e. The number of benzene rings is 2. The fourth-order valence-corrected chi connectivity index (χ4v) is 5.60. The number of carbonyl (C=O) groups excluding carboxylic acids is 2. The van der Waals surface area contributed by atoms with Crippen LogP contribution < -0.4 is 0 Å². The van der Waals surface area contributed by atoms with E-state index in [2.05, 4.69) is 0 Å². The Balaban J connectivity index is 1.31. The molecule has 1 aliphatic heterocycles. The molecule has 1 saturated carbocycles. The molecule has 1 saturated heterocycles. The van der Waals surface area contributed by atoms with Crippen molar-refractivity contribution in [1.82, 2.24) is 4.90 Å². The van der Waals surface area contributed by atoms with Gasteiger partial charge in [-0.25, -0.2) is 9.18 Å². The number of hydrogen-bond acceptors (Lipinski definition) is 4. The van der Waals surface area contributed by atoms with Crippen LogP contribution in [0.4, 0.5) is 4.39 Å². The summed E-state index contributed by atoms with van der Waals surface area (Å²) in [5, 5.41) is -0.0428. The van der Waals surface area contributed by atoms with Crippen LogP contribution in [0.15, 0.2) is 48.5 Å². The van der Waals surface area contributed by atoms with Crippen molar-refractivity contribution in [3.8, 4) is 0 Å². The van der Waals surface area contributed by atoms with Gasteiger partial charge in [-0.1, -0.05) is 29.8 Å². The van der Waals surface area contributed by atoms with Gasteiger partial charge in [0, 0.05) is 6.04 Å². The molecule has 0 bridgehead atoms. The Morgan fingerprint density at radius 3 is 2.57 bits per heavy atom. The van der Waals surface area contributed by atoms with Crippen molar-refractivity contribution in [1.29, 1.82) is 0 Å². The van der Waals surface area contributed by atoms with E-state index in [9.17, 15) is 14.0 Å². The molecule has 30 heavy (non-hydrogen) atoms. The second-order valence-electron chi connectivity index (χ2n) is 8.16. The second-order valence-corrected chi connectivity index (χ2v) is 9.23. The fourth-order valence-electron chi connectivity index (χ4n) is 4.35. The number of esters is 1. The van der Waals surface area contributed by atoms with Crippen molar-refractivity contribution < 1.29 is 18.7 Å². The molecular formula is C24H26FNO3S. The van der Waals surface area contributed by atoms with Crippen LogP contribution in [-0.4, -0.2) is 35.2 Å². The molecule has 0 radical (unpaired) electrons. The van der Waals surface area contributed by atoms with Gasteiger partial charge in [0.25, 0.3) is 0 Å². The molecule has 4 nitrogen and oxygen atoms in total. The van der Waals surface area contributed by atoms with Gasteiger partial charge in [0.2, 0.25) is 5.91 Å². The Morgan fingerprint density at radius 1 is 1.13 bits per heavy atom. The third kappa shape index (κ3) is 4.69. The normalized spacial score (nSPS) is 24.1. The molecule has 6 heteroatoms. The van der Waals surface area contributed by atoms with Crippen molar-refractivity contribution in [2.45, 2.75) is 44.0 Å². The molecule has 2 aromatic carbocycles. The third-order valence-electron chi connectivity index (χ3n) is 5.97. The lowest BCUT2D eigenvalue weighted by atomic mass is 9.85. The predicted molar refractivity (Wildman–Crippen MR) is 116 cm³/mol. The standard InChI is InChI=1S/C24H26FNO3S/c1-16-3-2-4-19(13-16)24(28)29-14-17-5-11-21(12-6-17)26-22(27)15-30-23(26)18-7-9-20(25)10-8-18/h2-4,7-10,13,17,21,23H,5-6,11-12,14-15H2,1H3. The van der Waals surface area contributed by atoms with E-state index in [0.29, 0.717) is 23.8 Å². The highest BCUT2D eigenvalue weighted by atomic mass is 32.2. The molecule has 2 aromatic rings. The van der Waals surface area contributed by atoms with Gasteiger partial charge in [-0.2, -0.15) is 0 Å². The van der Waals surface area contributed by atoms with Crippen LogP contribution in [0.3, 0.4) is 0 Å². The third-order valence-corrected chi connectivity index (χ3v) is 7.20. The van der Waals surface area contributed by atoms with Gasteiger partial charge in [-0.05, 0) is 68.4 Å². The fraction of sp³-hybridized carbons (Fsp3) is 0.417. The molecule has 4 rings (SSSR count). The van der Waals surface area contributed by atoms with Crippen molar-refractivity contribution in [2.75, 3.05) is 12.4 Å². The first-order valence-corrected chi connectivity index (χ1v) is 11.5. The van der Waals surface area contributed by atoms with Gasteiger partial charge >= 0.3 is 5.97 Å². The van der Waals surface area contributed by atoms with Crippen LogP contribution in [0.25, 0.3) is 0 Å². The molecule has 1 unspecified atom stereocenters. The summed E-state index contributed by atoms with van der Waals surface area (Å²) >= 11 is 1.61. The summed E-state index contributed by atoms with van der Waals surface area (Å²) < 4.78 is 18.8. The SMILES string of the molecule is Cc1cccc(C(=O)OCC2CCC(N3C(=O)CSC3c3ccc(F)cc3)CC2)c1. The molecule has 158 valence electrons. The van der Waals surface area contributed by atoms with Gasteiger partial charge in [-0.15, -0.1) is 11.8 Å². The van der Waals surface area contributed by atoms with Gasteiger partial charge < -0.3 is 9.64 Å². The molecule has 1 aliphatic carbocycles. The smallest absolute Gasteiger partial charge is 0.338 e. The second kappa shape index (κ2) is 9.21. The van der Waals surface area contributed by atoms with E-state index in [1.165, 1.54) is 12.1 Å². The van der Waals surface area contributed by atoms with Gasteiger partial charge in [-0.3, -0.25) is 4.79 Å². The van der Waals surface area contributed by atoms with Gasteiger partial charge in [0.1, 0.15) is 11.2 Å². The highest BCUT2D eigenvalue weighted by molar-refractivity contribution is 8.00. The van der Waals surface area contributed by atoms with Crippen LogP contribution in [0, 0.1) is 18.7 Å². The van der Waals surface area contributed by atoms with E-state index in [1.54, 1.807) is 30.0 Å². The Kier molecular flexibility index (Phi) is 6.42. The van der Waals surface area contributed by atoms with Gasteiger partial charge in [0.05, 0.1) is 17.9 Å². The van der Waals surface area contributed by atoms with Crippen LogP contribution >= 0.6 is 11.8 Å². The Bertz CT molecular complexity index is 909. The first-order chi connectivity index (χ1) is 14.5. The monoisotopic (exact) mass is 427 g/mol. The number of aryl methyl sites for hydroxylation is 1. The summed E-state index contributed by atoms with van der Waals surface area (Å²) in [6, 6.07) is 14.1.